The van der Waals surface area contributed by atoms with Gasteiger partial charge < -0.3 is 15.2 Å². The lowest BCUT2D eigenvalue weighted by Crippen LogP contribution is -2.63. The molecule has 2 N–H and O–H groups in total. The third-order valence-corrected chi connectivity index (χ3v) is 8.15. The lowest BCUT2D eigenvalue weighted by Gasteiger charge is -2.62. The predicted octanol–water partition coefficient (Wildman–Crippen LogP) is 5.80. The summed E-state index contributed by atoms with van der Waals surface area (Å²) in [4.78, 5) is 18.7. The van der Waals surface area contributed by atoms with E-state index in [1.54, 1.807) is 0 Å². The van der Waals surface area contributed by atoms with Gasteiger partial charge in [0.1, 0.15) is 0 Å². The maximum Gasteiger partial charge on any atom is 0.299 e. The fourth-order valence-electron chi connectivity index (χ4n) is 6.41. The van der Waals surface area contributed by atoms with Crippen molar-refractivity contribution in [3.63, 3.8) is 0 Å². The Kier molecular flexibility index (Phi) is 4.76. The number of benzene rings is 2. The molecular weight excluding hydrogens is 406 g/mol. The first-order valence-corrected chi connectivity index (χ1v) is 12.4. The Bertz CT molecular complexity index is 1230. The van der Waals surface area contributed by atoms with Crippen LogP contribution >= 0.6 is 0 Å². The van der Waals surface area contributed by atoms with Gasteiger partial charge in [0.25, 0.3) is 5.91 Å². The SMILES string of the molecule is C#CC(=O)N1C(c2ccc(NC34CC(C3)C4)cc2)c2[nH]c3ccccc3c2C[C@@H]1CCCC. The highest BCUT2D eigenvalue weighted by Crippen LogP contribution is 2.58. The van der Waals surface area contributed by atoms with Gasteiger partial charge in [-0.3, -0.25) is 4.79 Å². The highest BCUT2D eigenvalue weighted by molar-refractivity contribution is 5.95. The summed E-state index contributed by atoms with van der Waals surface area (Å²) in [5, 5.41) is 5.01. The number of H-pyrrole nitrogens is 1. The van der Waals surface area contributed by atoms with E-state index in [9.17, 15) is 4.79 Å². The van der Waals surface area contributed by atoms with Crippen LogP contribution in [0.2, 0.25) is 0 Å². The number of aromatic amines is 1. The van der Waals surface area contributed by atoms with Gasteiger partial charge in [0.2, 0.25) is 0 Å². The number of nitrogens with one attached hydrogen (secondary N) is 2. The largest absolute Gasteiger partial charge is 0.380 e. The van der Waals surface area contributed by atoms with Gasteiger partial charge in [0.05, 0.1) is 6.04 Å². The molecule has 3 fully saturated rings. The van der Waals surface area contributed by atoms with Crippen molar-refractivity contribution in [3.8, 4) is 12.3 Å². The lowest BCUT2D eigenvalue weighted by atomic mass is 9.50. The first kappa shape index (κ1) is 20.4. The monoisotopic (exact) mass is 437 g/mol. The molecule has 0 spiro atoms. The summed E-state index contributed by atoms with van der Waals surface area (Å²) in [6.45, 7) is 2.20. The number of rotatable bonds is 6. The Balaban J connectivity index is 1.42. The van der Waals surface area contributed by atoms with E-state index in [0.717, 1.165) is 48.4 Å². The van der Waals surface area contributed by atoms with Crippen molar-refractivity contribution in [3.05, 3.63) is 65.4 Å². The molecule has 0 radical (unpaired) electrons. The van der Waals surface area contributed by atoms with Crippen LogP contribution in [0.1, 0.15) is 68.3 Å². The third kappa shape index (κ3) is 3.25. The number of carbonyl (C=O) groups excluding carboxylic acids is 1. The molecule has 3 aromatic rings. The van der Waals surface area contributed by atoms with E-state index in [2.05, 4.69) is 71.7 Å². The molecule has 1 unspecified atom stereocenters. The van der Waals surface area contributed by atoms with Crippen LogP contribution < -0.4 is 5.32 Å². The van der Waals surface area contributed by atoms with Crippen LogP contribution in [0.5, 0.6) is 0 Å². The number of nitrogens with zero attached hydrogens (tertiary/aromatic N) is 1. The van der Waals surface area contributed by atoms with Gasteiger partial charge in [-0.15, -0.1) is 6.42 Å². The standard InChI is InChI=1S/C29H31N3O/c1-3-5-8-22-15-24-23-9-6-7-10-25(23)30-27(24)28(32(22)26(33)4-2)20-11-13-21(14-12-20)31-29-16-19(17-29)18-29/h2,6-7,9-14,19,22,28,30-31H,3,5,8,15-18H2,1H3/t19?,22-,28?,29?/m0/s1. The van der Waals surface area contributed by atoms with Crippen molar-refractivity contribution in [2.45, 2.75) is 69.5 Å². The highest BCUT2D eigenvalue weighted by Gasteiger charge is 2.56. The molecule has 2 atom stereocenters. The number of fused-ring (bicyclic) bond motifs is 3. The second-order valence-electron chi connectivity index (χ2n) is 10.3. The number of unbranched alkanes of at least 4 members (excludes halogenated alkanes) is 1. The van der Waals surface area contributed by atoms with E-state index in [4.69, 9.17) is 6.42 Å². The van der Waals surface area contributed by atoms with Crippen LogP contribution in [-0.2, 0) is 11.2 Å². The molecule has 2 bridgehead atoms. The van der Waals surface area contributed by atoms with Crippen LogP contribution in [-0.4, -0.2) is 27.4 Å². The minimum Gasteiger partial charge on any atom is -0.380 e. The van der Waals surface area contributed by atoms with Crippen molar-refractivity contribution >= 4 is 22.5 Å². The second-order valence-corrected chi connectivity index (χ2v) is 10.3. The fraction of sp³-hybridized carbons (Fsp3) is 0.414. The Morgan fingerprint density at radius 2 is 1.94 bits per heavy atom. The Hall–Kier alpha value is -3.19. The first-order chi connectivity index (χ1) is 16.1. The zero-order chi connectivity index (χ0) is 22.6. The summed E-state index contributed by atoms with van der Waals surface area (Å²) in [7, 11) is 0. The zero-order valence-corrected chi connectivity index (χ0v) is 19.2. The number of terminal acetylenes is 1. The smallest absolute Gasteiger partial charge is 0.299 e. The molecular formula is C29H31N3O. The van der Waals surface area contributed by atoms with Gasteiger partial charge in [-0.2, -0.15) is 0 Å². The van der Waals surface area contributed by atoms with Crippen molar-refractivity contribution in [2.75, 3.05) is 5.32 Å². The van der Waals surface area contributed by atoms with Crippen molar-refractivity contribution in [1.82, 2.24) is 9.88 Å². The van der Waals surface area contributed by atoms with Crippen LogP contribution in [0, 0.1) is 18.3 Å². The molecule has 4 heteroatoms. The van der Waals surface area contributed by atoms with Gasteiger partial charge in [-0.1, -0.05) is 50.1 Å². The van der Waals surface area contributed by atoms with Crippen molar-refractivity contribution in [2.24, 2.45) is 5.92 Å². The molecule has 3 saturated carbocycles. The predicted molar refractivity (Wildman–Crippen MR) is 133 cm³/mol. The average Bonchev–Trinajstić information content (AvgIpc) is 3.16. The number of aromatic nitrogens is 1. The molecule has 2 aromatic carbocycles. The molecule has 0 saturated heterocycles. The summed E-state index contributed by atoms with van der Waals surface area (Å²) in [6, 6.07) is 17.1. The quantitative estimate of drug-likeness (QED) is 0.479. The van der Waals surface area contributed by atoms with E-state index in [-0.39, 0.29) is 18.0 Å². The highest BCUT2D eigenvalue weighted by atomic mass is 16.2. The van der Waals surface area contributed by atoms with Gasteiger partial charge in [0, 0.05) is 33.9 Å². The zero-order valence-electron chi connectivity index (χ0n) is 19.2. The van der Waals surface area contributed by atoms with Gasteiger partial charge >= 0.3 is 0 Å². The molecule has 3 aliphatic carbocycles. The van der Waals surface area contributed by atoms with E-state index < -0.39 is 0 Å². The molecule has 4 nitrogen and oxygen atoms in total. The molecule has 4 aliphatic rings. The number of hydrogen-bond donors (Lipinski definition) is 2. The lowest BCUT2D eigenvalue weighted by molar-refractivity contribution is -0.130. The Labute approximate surface area is 195 Å². The van der Waals surface area contributed by atoms with Crippen molar-refractivity contribution < 1.29 is 4.79 Å². The summed E-state index contributed by atoms with van der Waals surface area (Å²) < 4.78 is 0. The minimum absolute atomic E-state index is 0.101. The maximum atomic E-state index is 13.1. The van der Waals surface area contributed by atoms with Crippen LogP contribution in [0.15, 0.2) is 48.5 Å². The molecule has 2 heterocycles. The Morgan fingerprint density at radius 1 is 1.18 bits per heavy atom. The van der Waals surface area contributed by atoms with E-state index >= 15 is 0 Å². The molecule has 1 aromatic heterocycles. The third-order valence-electron chi connectivity index (χ3n) is 8.15. The molecule has 1 aliphatic heterocycles. The van der Waals surface area contributed by atoms with Crippen LogP contribution in [0.3, 0.4) is 0 Å². The molecule has 1 amide bonds. The van der Waals surface area contributed by atoms with Crippen molar-refractivity contribution in [1.29, 1.82) is 0 Å². The maximum absolute atomic E-state index is 13.1. The number of hydrogen-bond acceptors (Lipinski definition) is 2. The van der Waals surface area contributed by atoms with Crippen LogP contribution in [0.25, 0.3) is 10.9 Å². The number of carbonyl (C=O) groups is 1. The van der Waals surface area contributed by atoms with Crippen LogP contribution in [0.4, 0.5) is 5.69 Å². The molecule has 7 rings (SSSR count). The fourth-order valence-corrected chi connectivity index (χ4v) is 6.41. The normalized spacial score (nSPS) is 27.3. The summed E-state index contributed by atoms with van der Waals surface area (Å²) in [6.07, 6.45) is 13.6. The molecule has 168 valence electrons. The second kappa shape index (κ2) is 7.70. The number of para-hydroxylation sites is 1. The van der Waals surface area contributed by atoms with E-state index in [1.807, 2.05) is 4.90 Å². The summed E-state index contributed by atoms with van der Waals surface area (Å²) in [5.74, 6) is 3.16. The number of anilines is 1. The number of amides is 1. The Morgan fingerprint density at radius 3 is 2.61 bits per heavy atom. The topological polar surface area (TPSA) is 48.1 Å². The average molecular weight is 438 g/mol. The van der Waals surface area contributed by atoms with E-state index in [0.29, 0.717) is 5.54 Å². The summed E-state index contributed by atoms with van der Waals surface area (Å²) >= 11 is 0. The summed E-state index contributed by atoms with van der Waals surface area (Å²) in [5.41, 5.74) is 6.18. The van der Waals surface area contributed by atoms with Gasteiger partial charge in [0.15, 0.2) is 0 Å². The molecule has 33 heavy (non-hydrogen) atoms. The first-order valence-electron chi connectivity index (χ1n) is 12.4. The van der Waals surface area contributed by atoms with E-state index in [1.165, 1.54) is 35.9 Å². The minimum atomic E-state index is -0.221. The van der Waals surface area contributed by atoms with Gasteiger partial charge in [-0.25, -0.2) is 0 Å². The van der Waals surface area contributed by atoms with Gasteiger partial charge in [-0.05, 0) is 73.3 Å².